The molecule has 18 heavy (non-hydrogen) atoms. The zero-order chi connectivity index (χ0) is 12.8. The monoisotopic (exact) mass is 282 g/mol. The minimum Gasteiger partial charge on any atom is -0.469 e. The number of benzene rings is 1. The molecule has 0 saturated heterocycles. The standard InChI is InChI=1S/C14H12Cl2O2/c15-11-4-1-3-10(13(11)16)14(17)7-2-5-12-9(14)6-8-18-12/h1,3-4,6,8,17H,2,5,7H2. The lowest BCUT2D eigenvalue weighted by Crippen LogP contribution is -2.31. The van der Waals surface area contributed by atoms with Crippen LogP contribution >= 0.6 is 23.2 Å². The van der Waals surface area contributed by atoms with Gasteiger partial charge in [0.25, 0.3) is 0 Å². The Kier molecular flexibility index (Phi) is 2.89. The molecule has 1 heterocycles. The van der Waals surface area contributed by atoms with Crippen LogP contribution < -0.4 is 0 Å². The van der Waals surface area contributed by atoms with E-state index in [-0.39, 0.29) is 0 Å². The Morgan fingerprint density at radius 2 is 2.00 bits per heavy atom. The molecule has 0 aliphatic heterocycles. The van der Waals surface area contributed by atoms with Crippen LogP contribution in [0.2, 0.25) is 10.0 Å². The number of halogens is 2. The molecular weight excluding hydrogens is 271 g/mol. The van der Waals surface area contributed by atoms with E-state index in [1.807, 2.05) is 12.1 Å². The Morgan fingerprint density at radius 1 is 1.17 bits per heavy atom. The highest BCUT2D eigenvalue weighted by Gasteiger charge is 2.39. The van der Waals surface area contributed by atoms with Crippen LogP contribution in [0.15, 0.2) is 34.9 Å². The molecule has 2 aromatic rings. The van der Waals surface area contributed by atoms with E-state index in [9.17, 15) is 5.11 Å². The molecule has 1 atom stereocenters. The Bertz CT molecular complexity index is 591. The molecular formula is C14H12Cl2O2. The molecule has 1 aromatic heterocycles. The van der Waals surface area contributed by atoms with Crippen molar-refractivity contribution in [2.24, 2.45) is 0 Å². The summed E-state index contributed by atoms with van der Waals surface area (Å²) in [6, 6.07) is 7.15. The van der Waals surface area contributed by atoms with Gasteiger partial charge in [0.05, 0.1) is 16.3 Å². The Labute approximate surface area is 115 Å². The first-order chi connectivity index (χ1) is 8.63. The van der Waals surface area contributed by atoms with Crippen LogP contribution in [0, 0.1) is 0 Å². The molecule has 4 heteroatoms. The molecule has 1 N–H and O–H groups in total. The average molecular weight is 283 g/mol. The summed E-state index contributed by atoms with van der Waals surface area (Å²) in [7, 11) is 0. The molecule has 2 nitrogen and oxygen atoms in total. The van der Waals surface area contributed by atoms with Gasteiger partial charge in [-0.05, 0) is 25.0 Å². The molecule has 1 aromatic carbocycles. The first kappa shape index (κ1) is 12.1. The van der Waals surface area contributed by atoms with Crippen LogP contribution in [0.4, 0.5) is 0 Å². The van der Waals surface area contributed by atoms with Crippen LogP contribution in [0.5, 0.6) is 0 Å². The maximum Gasteiger partial charge on any atom is 0.119 e. The summed E-state index contributed by atoms with van der Waals surface area (Å²) in [6.45, 7) is 0. The molecule has 1 unspecified atom stereocenters. The zero-order valence-electron chi connectivity index (χ0n) is 9.62. The molecule has 0 spiro atoms. The second kappa shape index (κ2) is 4.30. The average Bonchev–Trinajstić information content (AvgIpc) is 2.82. The quantitative estimate of drug-likeness (QED) is 0.852. The number of hydrogen-bond acceptors (Lipinski definition) is 2. The third-order valence-electron chi connectivity index (χ3n) is 3.53. The summed E-state index contributed by atoms with van der Waals surface area (Å²) in [5.74, 6) is 0.833. The van der Waals surface area contributed by atoms with E-state index in [1.165, 1.54) is 0 Å². The van der Waals surface area contributed by atoms with E-state index in [0.29, 0.717) is 22.0 Å². The van der Waals surface area contributed by atoms with E-state index < -0.39 is 5.60 Å². The summed E-state index contributed by atoms with van der Waals surface area (Å²) >= 11 is 12.3. The van der Waals surface area contributed by atoms with Crippen LogP contribution in [0.1, 0.15) is 29.7 Å². The van der Waals surface area contributed by atoms with E-state index in [1.54, 1.807) is 18.4 Å². The Morgan fingerprint density at radius 3 is 2.83 bits per heavy atom. The van der Waals surface area contributed by atoms with Crippen molar-refractivity contribution in [2.75, 3.05) is 0 Å². The summed E-state index contributed by atoms with van der Waals surface area (Å²) < 4.78 is 5.41. The van der Waals surface area contributed by atoms with E-state index in [0.717, 1.165) is 24.2 Å². The number of rotatable bonds is 1. The highest BCUT2D eigenvalue weighted by molar-refractivity contribution is 6.42. The molecule has 0 amide bonds. The second-order valence-corrected chi connectivity index (χ2v) is 5.36. The first-order valence-electron chi connectivity index (χ1n) is 5.86. The SMILES string of the molecule is OC1(c2cccc(Cl)c2Cl)CCCc2occc21. The highest BCUT2D eigenvalue weighted by Crippen LogP contribution is 2.44. The van der Waals surface area contributed by atoms with Crippen LogP contribution in [-0.2, 0) is 12.0 Å². The van der Waals surface area contributed by atoms with Crippen LogP contribution in [0.3, 0.4) is 0 Å². The third kappa shape index (κ3) is 1.68. The molecule has 1 aliphatic rings. The van der Waals surface area contributed by atoms with E-state index in [2.05, 4.69) is 0 Å². The third-order valence-corrected chi connectivity index (χ3v) is 4.35. The molecule has 3 rings (SSSR count). The summed E-state index contributed by atoms with van der Waals surface area (Å²) in [4.78, 5) is 0. The number of hydrogen-bond donors (Lipinski definition) is 1. The minimum atomic E-state index is -1.09. The molecule has 0 fully saturated rings. The number of fused-ring (bicyclic) bond motifs is 1. The van der Waals surface area contributed by atoms with Crippen molar-refractivity contribution in [3.63, 3.8) is 0 Å². The van der Waals surface area contributed by atoms with Crippen molar-refractivity contribution in [3.8, 4) is 0 Å². The summed E-state index contributed by atoms with van der Waals surface area (Å²) in [5, 5.41) is 11.9. The van der Waals surface area contributed by atoms with Gasteiger partial charge in [-0.25, -0.2) is 0 Å². The van der Waals surface area contributed by atoms with Gasteiger partial charge >= 0.3 is 0 Å². The molecule has 0 radical (unpaired) electrons. The lowest BCUT2D eigenvalue weighted by Gasteiger charge is -2.33. The second-order valence-electron chi connectivity index (χ2n) is 4.57. The van der Waals surface area contributed by atoms with Gasteiger partial charge in [0.15, 0.2) is 0 Å². The van der Waals surface area contributed by atoms with Gasteiger partial charge in [0.1, 0.15) is 11.4 Å². The van der Waals surface area contributed by atoms with Crippen molar-refractivity contribution < 1.29 is 9.52 Å². The van der Waals surface area contributed by atoms with Crippen molar-refractivity contribution in [1.82, 2.24) is 0 Å². The van der Waals surface area contributed by atoms with Crippen LogP contribution in [-0.4, -0.2) is 5.11 Å². The topological polar surface area (TPSA) is 33.4 Å². The number of aryl methyl sites for hydroxylation is 1. The molecule has 94 valence electrons. The predicted molar refractivity (Wildman–Crippen MR) is 71.1 cm³/mol. The smallest absolute Gasteiger partial charge is 0.119 e. The van der Waals surface area contributed by atoms with Crippen molar-refractivity contribution in [2.45, 2.75) is 24.9 Å². The maximum atomic E-state index is 11.0. The normalized spacial score (nSPS) is 22.8. The summed E-state index contributed by atoms with van der Waals surface area (Å²) in [5.41, 5.74) is 0.361. The van der Waals surface area contributed by atoms with Gasteiger partial charge in [-0.3, -0.25) is 0 Å². The predicted octanol–water partition coefficient (Wildman–Crippen LogP) is 4.16. The molecule has 0 saturated carbocycles. The number of furan rings is 1. The first-order valence-corrected chi connectivity index (χ1v) is 6.62. The highest BCUT2D eigenvalue weighted by atomic mass is 35.5. The van der Waals surface area contributed by atoms with Gasteiger partial charge in [0.2, 0.25) is 0 Å². The van der Waals surface area contributed by atoms with Gasteiger partial charge in [-0.2, -0.15) is 0 Å². The lowest BCUT2D eigenvalue weighted by molar-refractivity contribution is 0.0590. The zero-order valence-corrected chi connectivity index (χ0v) is 11.1. The Hall–Kier alpha value is -0.960. The van der Waals surface area contributed by atoms with Crippen LogP contribution in [0.25, 0.3) is 0 Å². The largest absolute Gasteiger partial charge is 0.469 e. The maximum absolute atomic E-state index is 11.0. The summed E-state index contributed by atoms with van der Waals surface area (Å²) in [6.07, 6.45) is 3.95. The van der Waals surface area contributed by atoms with Crippen molar-refractivity contribution >= 4 is 23.2 Å². The minimum absolute atomic E-state index is 0.413. The Balaban J connectivity index is 2.20. The van der Waals surface area contributed by atoms with Gasteiger partial charge in [0, 0.05) is 17.5 Å². The fourth-order valence-electron chi connectivity index (χ4n) is 2.65. The van der Waals surface area contributed by atoms with E-state index in [4.69, 9.17) is 27.6 Å². The van der Waals surface area contributed by atoms with Crippen molar-refractivity contribution in [3.05, 3.63) is 57.5 Å². The van der Waals surface area contributed by atoms with Crippen molar-refractivity contribution in [1.29, 1.82) is 0 Å². The fourth-order valence-corrected chi connectivity index (χ4v) is 3.10. The van der Waals surface area contributed by atoms with E-state index >= 15 is 0 Å². The van der Waals surface area contributed by atoms with Gasteiger partial charge < -0.3 is 9.52 Å². The van der Waals surface area contributed by atoms with Gasteiger partial charge in [-0.1, -0.05) is 35.3 Å². The number of aliphatic hydroxyl groups is 1. The lowest BCUT2D eigenvalue weighted by atomic mass is 9.78. The fraction of sp³-hybridized carbons (Fsp3) is 0.286. The molecule has 0 bridgehead atoms. The molecule has 1 aliphatic carbocycles. The van der Waals surface area contributed by atoms with Gasteiger partial charge in [-0.15, -0.1) is 0 Å².